The molecule has 1 N–H and O–H groups in total. The Bertz CT molecular complexity index is 150. The number of nitrogens with zero attached hydrogens (tertiary/aromatic N) is 1. The third-order valence-electron chi connectivity index (χ3n) is 2.53. The zero-order valence-electron chi connectivity index (χ0n) is 9.75. The molecular formula is C11H24N2O. The highest BCUT2D eigenvalue weighted by Crippen LogP contribution is 2.04. The van der Waals surface area contributed by atoms with Gasteiger partial charge in [-0.3, -0.25) is 4.90 Å². The lowest BCUT2D eigenvalue weighted by Gasteiger charge is -2.31. The number of rotatable bonds is 5. The van der Waals surface area contributed by atoms with Gasteiger partial charge < -0.3 is 10.1 Å². The highest BCUT2D eigenvalue weighted by molar-refractivity contribution is 4.68. The number of morpholine rings is 1. The van der Waals surface area contributed by atoms with Crippen molar-refractivity contribution in [2.75, 3.05) is 32.8 Å². The Labute approximate surface area is 87.8 Å². The third-order valence-corrected chi connectivity index (χ3v) is 2.53. The molecule has 0 amide bonds. The van der Waals surface area contributed by atoms with Gasteiger partial charge in [0.05, 0.1) is 12.7 Å². The highest BCUT2D eigenvalue weighted by atomic mass is 16.5. The second-order valence-electron chi connectivity index (χ2n) is 4.44. The minimum atomic E-state index is 0.418. The van der Waals surface area contributed by atoms with Crippen molar-refractivity contribution in [3.8, 4) is 0 Å². The van der Waals surface area contributed by atoms with Crippen LogP contribution in [0.3, 0.4) is 0 Å². The van der Waals surface area contributed by atoms with Gasteiger partial charge in [0.25, 0.3) is 0 Å². The Hall–Kier alpha value is -0.120. The van der Waals surface area contributed by atoms with Crippen molar-refractivity contribution in [1.29, 1.82) is 0 Å². The van der Waals surface area contributed by atoms with E-state index < -0.39 is 0 Å². The van der Waals surface area contributed by atoms with Gasteiger partial charge in [0.2, 0.25) is 0 Å². The molecule has 0 radical (unpaired) electrons. The zero-order valence-corrected chi connectivity index (χ0v) is 9.75. The summed E-state index contributed by atoms with van der Waals surface area (Å²) in [5.74, 6) is 0. The van der Waals surface area contributed by atoms with E-state index in [2.05, 4.69) is 31.0 Å². The van der Waals surface area contributed by atoms with E-state index in [9.17, 15) is 0 Å². The predicted octanol–water partition coefficient (Wildman–Crippen LogP) is 1.10. The van der Waals surface area contributed by atoms with E-state index in [1.165, 1.54) is 13.0 Å². The van der Waals surface area contributed by atoms with Crippen molar-refractivity contribution in [2.45, 2.75) is 39.3 Å². The maximum absolute atomic E-state index is 5.50. The van der Waals surface area contributed by atoms with Crippen LogP contribution in [-0.4, -0.2) is 49.8 Å². The molecule has 1 aliphatic heterocycles. The minimum Gasteiger partial charge on any atom is -0.376 e. The van der Waals surface area contributed by atoms with E-state index in [0.29, 0.717) is 12.1 Å². The van der Waals surface area contributed by atoms with Crippen LogP contribution in [-0.2, 0) is 4.74 Å². The minimum absolute atomic E-state index is 0.418. The monoisotopic (exact) mass is 200 g/mol. The fourth-order valence-corrected chi connectivity index (χ4v) is 1.79. The van der Waals surface area contributed by atoms with E-state index in [1.807, 2.05) is 0 Å². The van der Waals surface area contributed by atoms with Crippen LogP contribution in [0.5, 0.6) is 0 Å². The molecule has 0 aromatic heterocycles. The first-order chi connectivity index (χ1) is 6.68. The van der Waals surface area contributed by atoms with Crippen molar-refractivity contribution < 1.29 is 4.74 Å². The lowest BCUT2D eigenvalue weighted by molar-refractivity contribution is -0.0184. The Morgan fingerprint density at radius 3 is 2.93 bits per heavy atom. The summed E-state index contributed by atoms with van der Waals surface area (Å²) < 4.78 is 5.50. The van der Waals surface area contributed by atoms with Crippen LogP contribution in [0.25, 0.3) is 0 Å². The molecule has 84 valence electrons. The molecule has 1 atom stereocenters. The van der Waals surface area contributed by atoms with E-state index in [0.717, 1.165) is 26.2 Å². The molecule has 1 aliphatic rings. The fraction of sp³-hybridized carbons (Fsp3) is 1.00. The highest BCUT2D eigenvalue weighted by Gasteiger charge is 2.15. The first kappa shape index (κ1) is 12.0. The van der Waals surface area contributed by atoms with Crippen molar-refractivity contribution >= 4 is 0 Å². The molecular weight excluding hydrogens is 176 g/mol. The zero-order chi connectivity index (χ0) is 10.4. The molecule has 0 spiro atoms. The number of ether oxygens (including phenoxy) is 1. The normalized spacial score (nSPS) is 24.4. The summed E-state index contributed by atoms with van der Waals surface area (Å²) in [4.78, 5) is 2.50. The summed E-state index contributed by atoms with van der Waals surface area (Å²) in [6, 6.07) is 0.610. The van der Waals surface area contributed by atoms with Crippen molar-refractivity contribution in [3.05, 3.63) is 0 Å². The summed E-state index contributed by atoms with van der Waals surface area (Å²) in [5.41, 5.74) is 0. The molecule has 1 heterocycles. The average molecular weight is 200 g/mol. The Balaban J connectivity index is 2.00. The van der Waals surface area contributed by atoms with Gasteiger partial charge in [-0.25, -0.2) is 0 Å². The quantitative estimate of drug-likeness (QED) is 0.673. The topological polar surface area (TPSA) is 24.5 Å². The molecule has 1 unspecified atom stereocenters. The van der Waals surface area contributed by atoms with E-state index in [4.69, 9.17) is 4.74 Å². The second kappa shape index (κ2) is 6.38. The van der Waals surface area contributed by atoms with Gasteiger partial charge in [-0.1, -0.05) is 13.8 Å². The van der Waals surface area contributed by atoms with Crippen LogP contribution in [0.1, 0.15) is 27.2 Å². The number of hydrogen-bond donors (Lipinski definition) is 1. The smallest absolute Gasteiger partial charge is 0.0674 e. The summed E-state index contributed by atoms with van der Waals surface area (Å²) in [7, 11) is 0. The fourth-order valence-electron chi connectivity index (χ4n) is 1.79. The van der Waals surface area contributed by atoms with E-state index in [1.54, 1.807) is 0 Å². The molecule has 1 rings (SSSR count). The van der Waals surface area contributed by atoms with Crippen LogP contribution in [0, 0.1) is 0 Å². The molecule has 3 nitrogen and oxygen atoms in total. The molecule has 0 saturated carbocycles. The molecule has 0 aliphatic carbocycles. The third kappa shape index (κ3) is 4.94. The number of hydrogen-bond acceptors (Lipinski definition) is 3. The van der Waals surface area contributed by atoms with Crippen molar-refractivity contribution in [3.63, 3.8) is 0 Å². The maximum atomic E-state index is 5.50. The number of nitrogens with one attached hydrogen (secondary N) is 1. The molecule has 0 bridgehead atoms. The molecule has 1 saturated heterocycles. The van der Waals surface area contributed by atoms with Gasteiger partial charge in [0.1, 0.15) is 0 Å². The van der Waals surface area contributed by atoms with E-state index in [-0.39, 0.29) is 0 Å². The van der Waals surface area contributed by atoms with Crippen LogP contribution in [0.4, 0.5) is 0 Å². The molecule has 3 heteroatoms. The first-order valence-electron chi connectivity index (χ1n) is 5.76. The summed E-state index contributed by atoms with van der Waals surface area (Å²) in [5, 5.41) is 3.44. The Morgan fingerprint density at radius 1 is 1.50 bits per heavy atom. The first-order valence-corrected chi connectivity index (χ1v) is 5.76. The molecule has 14 heavy (non-hydrogen) atoms. The lowest BCUT2D eigenvalue weighted by Crippen LogP contribution is -2.42. The predicted molar refractivity (Wildman–Crippen MR) is 59.6 cm³/mol. The van der Waals surface area contributed by atoms with Crippen LogP contribution in [0.2, 0.25) is 0 Å². The van der Waals surface area contributed by atoms with Crippen molar-refractivity contribution in [2.24, 2.45) is 0 Å². The second-order valence-corrected chi connectivity index (χ2v) is 4.44. The van der Waals surface area contributed by atoms with E-state index >= 15 is 0 Å². The van der Waals surface area contributed by atoms with Crippen LogP contribution in [0.15, 0.2) is 0 Å². The van der Waals surface area contributed by atoms with Crippen LogP contribution >= 0.6 is 0 Å². The lowest BCUT2D eigenvalue weighted by atomic mass is 10.2. The summed E-state index contributed by atoms with van der Waals surface area (Å²) in [6.45, 7) is 12.0. The molecule has 0 aromatic carbocycles. The van der Waals surface area contributed by atoms with Gasteiger partial charge in [0.15, 0.2) is 0 Å². The Kier molecular flexibility index (Phi) is 5.45. The van der Waals surface area contributed by atoms with Gasteiger partial charge in [-0.05, 0) is 26.4 Å². The molecule has 0 aromatic rings. The SMILES string of the molecule is CC(C)NCCCN1CCOC(C)C1. The maximum Gasteiger partial charge on any atom is 0.0674 e. The van der Waals surface area contributed by atoms with Crippen LogP contribution < -0.4 is 5.32 Å². The van der Waals surface area contributed by atoms with Gasteiger partial charge in [-0.2, -0.15) is 0 Å². The standard InChI is InChI=1S/C11H24N2O/c1-10(2)12-5-4-6-13-7-8-14-11(3)9-13/h10-12H,4-9H2,1-3H3. The van der Waals surface area contributed by atoms with Gasteiger partial charge in [0, 0.05) is 19.1 Å². The summed E-state index contributed by atoms with van der Waals surface area (Å²) in [6.07, 6.45) is 1.66. The Morgan fingerprint density at radius 2 is 2.29 bits per heavy atom. The van der Waals surface area contributed by atoms with Crippen molar-refractivity contribution in [1.82, 2.24) is 10.2 Å². The van der Waals surface area contributed by atoms with Gasteiger partial charge in [-0.15, -0.1) is 0 Å². The summed E-state index contributed by atoms with van der Waals surface area (Å²) >= 11 is 0. The largest absolute Gasteiger partial charge is 0.376 e. The molecule has 1 fully saturated rings. The average Bonchev–Trinajstić information content (AvgIpc) is 2.12. The van der Waals surface area contributed by atoms with Gasteiger partial charge >= 0.3 is 0 Å².